The van der Waals surface area contributed by atoms with Gasteiger partial charge in [-0.25, -0.2) is 4.68 Å². The number of methoxy groups -OCH3 is 2. The number of fused-ring (bicyclic) bond motifs is 1. The lowest BCUT2D eigenvalue weighted by atomic mass is 10.1. The van der Waals surface area contributed by atoms with Crippen molar-refractivity contribution in [2.75, 3.05) is 26.3 Å². The van der Waals surface area contributed by atoms with E-state index in [1.54, 1.807) is 36.4 Å². The molecule has 2 aromatic carbocycles. The Balaban J connectivity index is 1.52. The number of hydrogen-bond acceptors (Lipinski definition) is 7. The minimum absolute atomic E-state index is 0.169. The molecule has 1 amide bonds. The lowest BCUT2D eigenvalue weighted by Gasteiger charge is -2.11. The van der Waals surface area contributed by atoms with Gasteiger partial charge >= 0.3 is 0 Å². The highest BCUT2D eigenvalue weighted by Crippen LogP contribution is 2.35. The van der Waals surface area contributed by atoms with Crippen molar-refractivity contribution in [2.24, 2.45) is 0 Å². The summed E-state index contributed by atoms with van der Waals surface area (Å²) in [4.78, 5) is 24.7. The summed E-state index contributed by atoms with van der Waals surface area (Å²) in [6.45, 7) is -0.0758. The molecule has 1 aliphatic rings. The number of hydrogen-bond donors (Lipinski definition) is 1. The molecule has 1 aromatic heterocycles. The van der Waals surface area contributed by atoms with Crippen molar-refractivity contribution in [1.82, 2.24) is 9.78 Å². The van der Waals surface area contributed by atoms with Crippen LogP contribution in [-0.2, 0) is 11.3 Å². The highest BCUT2D eigenvalue weighted by Gasteiger charge is 2.15. The molecule has 9 heteroatoms. The van der Waals surface area contributed by atoms with Crippen molar-refractivity contribution in [3.8, 4) is 34.3 Å². The van der Waals surface area contributed by atoms with Gasteiger partial charge < -0.3 is 24.3 Å². The van der Waals surface area contributed by atoms with Gasteiger partial charge in [-0.1, -0.05) is 0 Å². The first-order chi connectivity index (χ1) is 14.6. The molecule has 0 spiro atoms. The third-order valence-electron chi connectivity index (χ3n) is 4.50. The smallest absolute Gasteiger partial charge is 0.267 e. The van der Waals surface area contributed by atoms with E-state index in [0.717, 1.165) is 10.2 Å². The highest BCUT2D eigenvalue weighted by molar-refractivity contribution is 5.90. The molecule has 0 aliphatic carbocycles. The van der Waals surface area contributed by atoms with E-state index < -0.39 is 5.91 Å². The van der Waals surface area contributed by atoms with Crippen molar-refractivity contribution >= 4 is 11.6 Å². The molecule has 0 radical (unpaired) electrons. The van der Waals surface area contributed by atoms with Gasteiger partial charge in [0.2, 0.25) is 12.7 Å². The van der Waals surface area contributed by atoms with Gasteiger partial charge in [-0.3, -0.25) is 9.59 Å². The summed E-state index contributed by atoms with van der Waals surface area (Å²) in [5, 5.41) is 7.04. The number of rotatable bonds is 6. The van der Waals surface area contributed by atoms with Crippen LogP contribution in [0.4, 0.5) is 5.69 Å². The lowest BCUT2D eigenvalue weighted by molar-refractivity contribution is -0.117. The van der Waals surface area contributed by atoms with Crippen molar-refractivity contribution in [3.63, 3.8) is 0 Å². The maximum absolute atomic E-state index is 12.5. The molecule has 4 rings (SSSR count). The second kappa shape index (κ2) is 8.16. The number of ether oxygens (including phenoxy) is 4. The highest BCUT2D eigenvalue weighted by atomic mass is 16.7. The largest absolute Gasteiger partial charge is 0.493 e. The van der Waals surface area contributed by atoms with Gasteiger partial charge in [0.15, 0.2) is 23.0 Å². The summed E-state index contributed by atoms with van der Waals surface area (Å²) in [7, 11) is 3.04. The topological polar surface area (TPSA) is 101 Å². The SMILES string of the molecule is COc1ccc(NC(=O)Cn2nc(-c3ccc4c(c3)OCO4)ccc2=O)cc1OC. The third-order valence-corrected chi connectivity index (χ3v) is 4.50. The van der Waals surface area contributed by atoms with Gasteiger partial charge in [0.05, 0.1) is 19.9 Å². The fraction of sp³-hybridized carbons (Fsp3) is 0.190. The molecular weight excluding hydrogens is 390 g/mol. The van der Waals surface area contributed by atoms with Crippen LogP contribution in [0.15, 0.2) is 53.3 Å². The second-order valence-electron chi connectivity index (χ2n) is 6.40. The molecular formula is C21H19N3O6. The number of benzene rings is 2. The van der Waals surface area contributed by atoms with E-state index >= 15 is 0 Å². The van der Waals surface area contributed by atoms with E-state index in [1.807, 2.05) is 6.07 Å². The van der Waals surface area contributed by atoms with Crippen LogP contribution >= 0.6 is 0 Å². The van der Waals surface area contributed by atoms with E-state index in [0.29, 0.717) is 34.4 Å². The second-order valence-corrected chi connectivity index (χ2v) is 6.40. The normalized spacial score (nSPS) is 11.8. The molecule has 3 aromatic rings. The minimum atomic E-state index is -0.403. The van der Waals surface area contributed by atoms with Crippen molar-refractivity contribution in [3.05, 3.63) is 58.9 Å². The summed E-state index contributed by atoms with van der Waals surface area (Å²) in [6.07, 6.45) is 0. The van der Waals surface area contributed by atoms with Crippen LogP contribution in [0.5, 0.6) is 23.0 Å². The number of amides is 1. The van der Waals surface area contributed by atoms with E-state index in [-0.39, 0.29) is 18.9 Å². The molecule has 0 saturated heterocycles. The van der Waals surface area contributed by atoms with Crippen LogP contribution in [0.2, 0.25) is 0 Å². The number of nitrogens with zero attached hydrogens (tertiary/aromatic N) is 2. The zero-order valence-electron chi connectivity index (χ0n) is 16.4. The molecule has 1 N–H and O–H groups in total. The zero-order valence-corrected chi connectivity index (χ0v) is 16.4. The Hall–Kier alpha value is -4.01. The summed E-state index contributed by atoms with van der Waals surface area (Å²) in [5.41, 5.74) is 1.40. The molecule has 0 saturated carbocycles. The molecule has 0 unspecified atom stereocenters. The van der Waals surface area contributed by atoms with Gasteiger partial charge in [0.1, 0.15) is 6.54 Å². The van der Waals surface area contributed by atoms with Gasteiger partial charge in [0.25, 0.3) is 5.56 Å². The molecule has 0 bridgehead atoms. The first-order valence-corrected chi connectivity index (χ1v) is 9.07. The quantitative estimate of drug-likeness (QED) is 0.667. The average molecular weight is 409 g/mol. The van der Waals surface area contributed by atoms with Gasteiger partial charge in [-0.2, -0.15) is 5.10 Å². The molecule has 0 atom stereocenters. The fourth-order valence-corrected chi connectivity index (χ4v) is 3.02. The summed E-state index contributed by atoms with van der Waals surface area (Å²) >= 11 is 0. The molecule has 9 nitrogen and oxygen atoms in total. The molecule has 30 heavy (non-hydrogen) atoms. The van der Waals surface area contributed by atoms with Crippen LogP contribution in [0, 0.1) is 0 Å². The summed E-state index contributed by atoms with van der Waals surface area (Å²) in [6, 6.07) is 13.3. The third kappa shape index (κ3) is 3.90. The number of carbonyl (C=O) groups is 1. The molecule has 1 aliphatic heterocycles. The maximum Gasteiger partial charge on any atom is 0.267 e. The van der Waals surface area contributed by atoms with Crippen LogP contribution in [0.25, 0.3) is 11.3 Å². The number of nitrogens with one attached hydrogen (secondary N) is 1. The molecule has 154 valence electrons. The Labute approximate surface area is 171 Å². The standard InChI is InChI=1S/C21H19N3O6/c1-27-16-7-4-14(10-18(16)28-2)22-20(25)11-24-21(26)8-5-15(23-24)13-3-6-17-19(9-13)30-12-29-17/h3-10H,11-12H2,1-2H3,(H,22,25). The Morgan fingerprint density at radius 1 is 1.03 bits per heavy atom. The first-order valence-electron chi connectivity index (χ1n) is 9.07. The Bertz CT molecular complexity index is 1160. The van der Waals surface area contributed by atoms with Crippen LogP contribution in [0.1, 0.15) is 0 Å². The Morgan fingerprint density at radius 3 is 2.63 bits per heavy atom. The van der Waals surface area contributed by atoms with Gasteiger partial charge in [0, 0.05) is 23.4 Å². The lowest BCUT2D eigenvalue weighted by Crippen LogP contribution is -2.29. The van der Waals surface area contributed by atoms with Crippen LogP contribution < -0.4 is 29.8 Å². The number of anilines is 1. The predicted octanol–water partition coefficient (Wildman–Crippen LogP) is 2.29. The van der Waals surface area contributed by atoms with Crippen LogP contribution in [-0.4, -0.2) is 36.7 Å². The predicted molar refractivity (Wildman–Crippen MR) is 108 cm³/mol. The Kier molecular flexibility index (Phi) is 5.25. The monoisotopic (exact) mass is 409 g/mol. The summed E-state index contributed by atoms with van der Waals surface area (Å²) < 4.78 is 22.2. The first kappa shape index (κ1) is 19.3. The minimum Gasteiger partial charge on any atom is -0.493 e. The average Bonchev–Trinajstić information content (AvgIpc) is 3.23. The van der Waals surface area contributed by atoms with Gasteiger partial charge in [-0.05, 0) is 36.4 Å². The Morgan fingerprint density at radius 2 is 1.83 bits per heavy atom. The van der Waals surface area contributed by atoms with E-state index in [2.05, 4.69) is 10.4 Å². The molecule has 0 fully saturated rings. The van der Waals surface area contributed by atoms with Crippen molar-refractivity contribution in [1.29, 1.82) is 0 Å². The number of carbonyl (C=O) groups excluding carboxylic acids is 1. The zero-order chi connectivity index (χ0) is 21.1. The van der Waals surface area contributed by atoms with Crippen molar-refractivity contribution < 1.29 is 23.7 Å². The number of aromatic nitrogens is 2. The molecule has 2 heterocycles. The van der Waals surface area contributed by atoms with Gasteiger partial charge in [-0.15, -0.1) is 0 Å². The van der Waals surface area contributed by atoms with Crippen LogP contribution in [0.3, 0.4) is 0 Å². The van der Waals surface area contributed by atoms with Crippen molar-refractivity contribution in [2.45, 2.75) is 6.54 Å². The maximum atomic E-state index is 12.5. The summed E-state index contributed by atoms with van der Waals surface area (Å²) in [5.74, 6) is 1.89. The van der Waals surface area contributed by atoms with E-state index in [9.17, 15) is 9.59 Å². The van der Waals surface area contributed by atoms with E-state index in [1.165, 1.54) is 20.3 Å². The fourth-order valence-electron chi connectivity index (χ4n) is 3.02. The van der Waals surface area contributed by atoms with E-state index in [4.69, 9.17) is 18.9 Å².